The molecule has 1 aliphatic rings. The Balaban J connectivity index is 1.65. The summed E-state index contributed by atoms with van der Waals surface area (Å²) < 4.78 is 12.7. The van der Waals surface area contributed by atoms with Gasteiger partial charge >= 0.3 is 0 Å². The van der Waals surface area contributed by atoms with Gasteiger partial charge in [0.05, 0.1) is 18.0 Å². The van der Waals surface area contributed by atoms with Gasteiger partial charge < -0.3 is 9.26 Å². The van der Waals surface area contributed by atoms with Crippen molar-refractivity contribution in [1.82, 2.24) is 24.9 Å². The molecule has 0 unspecified atom stereocenters. The number of rotatable bonds is 5. The summed E-state index contributed by atoms with van der Waals surface area (Å²) in [5.41, 5.74) is 3.06. The van der Waals surface area contributed by atoms with Gasteiger partial charge in [-0.15, -0.1) is 0 Å². The van der Waals surface area contributed by atoms with E-state index < -0.39 is 0 Å². The van der Waals surface area contributed by atoms with Gasteiger partial charge in [-0.3, -0.25) is 4.98 Å². The van der Waals surface area contributed by atoms with Crippen molar-refractivity contribution in [3.8, 4) is 5.69 Å². The second kappa shape index (κ2) is 6.76. The molecule has 1 saturated heterocycles. The molecule has 7 nitrogen and oxygen atoms in total. The van der Waals surface area contributed by atoms with Crippen molar-refractivity contribution in [2.45, 2.75) is 39.0 Å². The largest absolute Gasteiger partial charge is 0.381 e. The average molecular weight is 339 g/mol. The van der Waals surface area contributed by atoms with Gasteiger partial charge in [0.2, 0.25) is 0 Å². The Kier molecular flexibility index (Phi) is 4.31. The molecular weight excluding hydrogens is 318 g/mol. The lowest BCUT2D eigenvalue weighted by Gasteiger charge is -2.05. The molecule has 0 aromatic carbocycles. The van der Waals surface area contributed by atoms with Gasteiger partial charge in [0, 0.05) is 36.9 Å². The molecule has 4 rings (SSSR count). The first-order valence-electron chi connectivity index (χ1n) is 8.58. The Labute approximate surface area is 146 Å². The fourth-order valence-electron chi connectivity index (χ4n) is 3.22. The summed E-state index contributed by atoms with van der Waals surface area (Å²) >= 11 is 0. The minimum atomic E-state index is 0.279. The zero-order valence-electron chi connectivity index (χ0n) is 14.5. The third kappa shape index (κ3) is 3.19. The predicted octanol–water partition coefficient (Wildman–Crippen LogP) is 2.56. The zero-order valence-corrected chi connectivity index (χ0v) is 14.5. The minimum Gasteiger partial charge on any atom is -0.381 e. The second-order valence-corrected chi connectivity index (χ2v) is 6.37. The van der Waals surface area contributed by atoms with Crippen LogP contribution in [0.4, 0.5) is 0 Å². The summed E-state index contributed by atoms with van der Waals surface area (Å²) in [5.74, 6) is 2.95. The highest BCUT2D eigenvalue weighted by Gasteiger charge is 2.24. The predicted molar refractivity (Wildman–Crippen MR) is 90.7 cm³/mol. The highest BCUT2D eigenvalue weighted by Crippen LogP contribution is 2.24. The minimum absolute atomic E-state index is 0.279. The molecule has 3 aromatic rings. The first-order valence-corrected chi connectivity index (χ1v) is 8.58. The summed E-state index contributed by atoms with van der Waals surface area (Å²) in [7, 11) is 0. The van der Waals surface area contributed by atoms with E-state index in [9.17, 15) is 0 Å². The van der Waals surface area contributed by atoms with E-state index in [1.807, 2.05) is 30.7 Å². The summed E-state index contributed by atoms with van der Waals surface area (Å²) in [6.07, 6.45) is 6.11. The molecular formula is C18H21N5O2. The van der Waals surface area contributed by atoms with E-state index in [0.717, 1.165) is 60.2 Å². The molecule has 0 spiro atoms. The van der Waals surface area contributed by atoms with Crippen molar-refractivity contribution in [2.24, 2.45) is 0 Å². The Morgan fingerprint density at radius 1 is 1.20 bits per heavy atom. The topological polar surface area (TPSA) is 78.9 Å². The smallest absolute Gasteiger partial charge is 0.156 e. The second-order valence-electron chi connectivity index (χ2n) is 6.37. The number of hydrogen-bond donors (Lipinski definition) is 0. The van der Waals surface area contributed by atoms with Gasteiger partial charge in [-0.1, -0.05) is 5.16 Å². The molecule has 0 aliphatic carbocycles. The van der Waals surface area contributed by atoms with Crippen molar-refractivity contribution in [3.05, 3.63) is 53.2 Å². The number of ether oxygens (including phenoxy) is 1. The number of pyridine rings is 1. The quantitative estimate of drug-likeness (QED) is 0.711. The van der Waals surface area contributed by atoms with Crippen LogP contribution in [0, 0.1) is 13.8 Å². The van der Waals surface area contributed by atoms with E-state index in [-0.39, 0.29) is 5.92 Å². The lowest BCUT2D eigenvalue weighted by atomic mass is 10.1. The van der Waals surface area contributed by atoms with Gasteiger partial charge in [-0.25, -0.2) is 9.67 Å². The SMILES string of the molecule is Cc1noc(C)c1CCc1nc([C@H]2CCOC2)nn1-c1ccncc1. The fourth-order valence-corrected chi connectivity index (χ4v) is 3.22. The molecule has 1 atom stereocenters. The van der Waals surface area contributed by atoms with Crippen LogP contribution in [-0.2, 0) is 17.6 Å². The van der Waals surface area contributed by atoms with Gasteiger partial charge in [0.15, 0.2) is 5.82 Å². The molecule has 3 aromatic heterocycles. The molecule has 130 valence electrons. The van der Waals surface area contributed by atoms with Crippen LogP contribution < -0.4 is 0 Å². The van der Waals surface area contributed by atoms with Crippen molar-refractivity contribution in [3.63, 3.8) is 0 Å². The number of nitrogens with zero attached hydrogens (tertiary/aromatic N) is 5. The van der Waals surface area contributed by atoms with Gasteiger partial charge in [-0.2, -0.15) is 5.10 Å². The number of hydrogen-bond acceptors (Lipinski definition) is 6. The third-order valence-electron chi connectivity index (χ3n) is 4.67. The maximum absolute atomic E-state index is 5.50. The zero-order chi connectivity index (χ0) is 17.2. The van der Waals surface area contributed by atoms with Crippen LogP contribution in [0.2, 0.25) is 0 Å². The molecule has 0 amide bonds. The van der Waals surface area contributed by atoms with Crippen molar-refractivity contribution < 1.29 is 9.26 Å². The number of aryl methyl sites for hydroxylation is 3. The standard InChI is InChI=1S/C18H21N5O2/c1-12-16(13(2)25-22-12)3-4-17-20-18(14-7-10-24-11-14)21-23(17)15-5-8-19-9-6-15/h5-6,8-9,14H,3-4,7,10-11H2,1-2H3/t14-/m0/s1. The normalized spacial score (nSPS) is 17.3. The maximum Gasteiger partial charge on any atom is 0.156 e. The van der Waals surface area contributed by atoms with E-state index in [4.69, 9.17) is 19.3 Å². The molecule has 1 aliphatic heterocycles. The number of aromatic nitrogens is 5. The Morgan fingerprint density at radius 2 is 2.04 bits per heavy atom. The first kappa shape index (κ1) is 16.0. The summed E-state index contributed by atoms with van der Waals surface area (Å²) in [6, 6.07) is 3.89. The van der Waals surface area contributed by atoms with Crippen LogP contribution in [0.15, 0.2) is 29.0 Å². The molecule has 0 N–H and O–H groups in total. The van der Waals surface area contributed by atoms with Crippen LogP contribution in [0.3, 0.4) is 0 Å². The lowest BCUT2D eigenvalue weighted by Crippen LogP contribution is -2.05. The maximum atomic E-state index is 5.50. The van der Waals surface area contributed by atoms with Crippen molar-refractivity contribution in [1.29, 1.82) is 0 Å². The van der Waals surface area contributed by atoms with Crippen LogP contribution >= 0.6 is 0 Å². The Morgan fingerprint density at radius 3 is 2.72 bits per heavy atom. The van der Waals surface area contributed by atoms with Crippen molar-refractivity contribution in [2.75, 3.05) is 13.2 Å². The molecule has 0 radical (unpaired) electrons. The Hall–Kier alpha value is -2.54. The first-order chi connectivity index (χ1) is 12.2. The van der Waals surface area contributed by atoms with Gasteiger partial charge in [0.25, 0.3) is 0 Å². The van der Waals surface area contributed by atoms with Crippen LogP contribution in [-0.4, -0.2) is 38.1 Å². The van der Waals surface area contributed by atoms with Gasteiger partial charge in [0.1, 0.15) is 11.6 Å². The van der Waals surface area contributed by atoms with Gasteiger partial charge in [-0.05, 0) is 38.8 Å². The summed E-state index contributed by atoms with van der Waals surface area (Å²) in [6.45, 7) is 5.40. The van der Waals surface area contributed by atoms with Crippen LogP contribution in [0.1, 0.15) is 41.0 Å². The average Bonchev–Trinajstić information content (AvgIpc) is 3.35. The van der Waals surface area contributed by atoms with E-state index in [0.29, 0.717) is 6.61 Å². The van der Waals surface area contributed by atoms with Crippen molar-refractivity contribution >= 4 is 0 Å². The third-order valence-corrected chi connectivity index (χ3v) is 4.67. The fraction of sp³-hybridized carbons (Fsp3) is 0.444. The Bertz CT molecular complexity index is 830. The molecule has 25 heavy (non-hydrogen) atoms. The highest BCUT2D eigenvalue weighted by atomic mass is 16.5. The summed E-state index contributed by atoms with van der Waals surface area (Å²) in [5, 5.41) is 8.80. The monoisotopic (exact) mass is 339 g/mol. The van der Waals surface area contributed by atoms with E-state index >= 15 is 0 Å². The van der Waals surface area contributed by atoms with E-state index in [2.05, 4.69) is 10.1 Å². The highest BCUT2D eigenvalue weighted by molar-refractivity contribution is 5.30. The molecule has 4 heterocycles. The molecule has 0 bridgehead atoms. The van der Waals surface area contributed by atoms with E-state index in [1.54, 1.807) is 12.4 Å². The summed E-state index contributed by atoms with van der Waals surface area (Å²) in [4.78, 5) is 8.92. The van der Waals surface area contributed by atoms with Crippen LogP contribution in [0.25, 0.3) is 5.69 Å². The lowest BCUT2D eigenvalue weighted by molar-refractivity contribution is 0.193. The molecule has 1 fully saturated rings. The van der Waals surface area contributed by atoms with Crippen LogP contribution in [0.5, 0.6) is 0 Å². The molecule has 7 heteroatoms. The molecule has 0 saturated carbocycles. The van der Waals surface area contributed by atoms with E-state index in [1.165, 1.54) is 0 Å².